The van der Waals surface area contributed by atoms with Gasteiger partial charge in [0, 0.05) is 12.7 Å². The minimum Gasteiger partial charge on any atom is -0.391 e. The average molecular weight is 264 g/mol. The number of aromatic nitrogens is 1. The first kappa shape index (κ1) is 16.0. The van der Waals surface area contributed by atoms with Crippen LogP contribution in [0.5, 0.6) is 0 Å². The third-order valence-electron chi connectivity index (χ3n) is 3.71. The van der Waals surface area contributed by atoms with E-state index in [0.29, 0.717) is 12.5 Å². The van der Waals surface area contributed by atoms with E-state index < -0.39 is 0 Å². The van der Waals surface area contributed by atoms with Gasteiger partial charge in [0.25, 0.3) is 0 Å². The maximum absolute atomic E-state index is 10.1. The van der Waals surface area contributed by atoms with Gasteiger partial charge in [0.15, 0.2) is 0 Å². The molecule has 0 radical (unpaired) electrons. The van der Waals surface area contributed by atoms with E-state index in [1.54, 1.807) is 0 Å². The highest BCUT2D eigenvalue weighted by Gasteiger charge is 2.16. The molecule has 0 saturated carbocycles. The van der Waals surface area contributed by atoms with E-state index in [-0.39, 0.29) is 11.5 Å². The number of anilines is 1. The van der Waals surface area contributed by atoms with E-state index in [1.165, 1.54) is 5.56 Å². The molecule has 1 aromatic rings. The average Bonchev–Trinajstić information content (AvgIpc) is 2.37. The molecule has 0 aliphatic heterocycles. The van der Waals surface area contributed by atoms with Crippen LogP contribution in [0.1, 0.15) is 53.0 Å². The Bertz CT molecular complexity index is 363. The van der Waals surface area contributed by atoms with Gasteiger partial charge in [-0.05, 0) is 23.0 Å². The molecular formula is C16H28N2O. The maximum Gasteiger partial charge on any atom is 0.125 e. The first-order valence-electron chi connectivity index (χ1n) is 7.27. The molecule has 3 heteroatoms. The number of pyridine rings is 1. The molecule has 0 aliphatic carbocycles. The minimum atomic E-state index is -0.306. The van der Waals surface area contributed by atoms with Crippen LogP contribution in [0.4, 0.5) is 5.82 Å². The first-order valence-corrected chi connectivity index (χ1v) is 7.27. The van der Waals surface area contributed by atoms with Crippen molar-refractivity contribution in [1.29, 1.82) is 0 Å². The van der Waals surface area contributed by atoms with E-state index in [9.17, 15) is 5.11 Å². The molecule has 0 spiro atoms. The zero-order chi connectivity index (χ0) is 14.5. The lowest BCUT2D eigenvalue weighted by Gasteiger charge is -2.21. The van der Waals surface area contributed by atoms with Crippen LogP contribution in [0, 0.1) is 5.92 Å². The molecule has 19 heavy (non-hydrogen) atoms. The predicted molar refractivity (Wildman–Crippen MR) is 81.5 cm³/mol. The molecule has 0 bridgehead atoms. The second-order valence-electron chi connectivity index (χ2n) is 6.21. The van der Waals surface area contributed by atoms with Crippen LogP contribution in [0.2, 0.25) is 0 Å². The summed E-state index contributed by atoms with van der Waals surface area (Å²) in [5, 5.41) is 13.3. The maximum atomic E-state index is 10.1. The standard InChI is InChI=1S/C16H28N2O/c1-6-12(7-2)14(19)11-18-15-9-8-13(10-17-15)16(3,4)5/h8-10,12,14,19H,6-7,11H2,1-5H3,(H,17,18). The van der Waals surface area contributed by atoms with Crippen LogP contribution in [0.3, 0.4) is 0 Å². The molecule has 1 rings (SSSR count). The van der Waals surface area contributed by atoms with Crippen molar-refractivity contribution in [3.05, 3.63) is 23.9 Å². The van der Waals surface area contributed by atoms with E-state index in [0.717, 1.165) is 18.7 Å². The second-order valence-corrected chi connectivity index (χ2v) is 6.21. The van der Waals surface area contributed by atoms with E-state index >= 15 is 0 Å². The van der Waals surface area contributed by atoms with Crippen molar-refractivity contribution in [3.63, 3.8) is 0 Å². The zero-order valence-corrected chi connectivity index (χ0v) is 12.9. The Morgan fingerprint density at radius 3 is 2.26 bits per heavy atom. The number of hydrogen-bond acceptors (Lipinski definition) is 3. The molecule has 1 heterocycles. The van der Waals surface area contributed by atoms with Gasteiger partial charge in [0.1, 0.15) is 5.82 Å². The molecular weight excluding hydrogens is 236 g/mol. The lowest BCUT2D eigenvalue weighted by molar-refractivity contribution is 0.114. The van der Waals surface area contributed by atoms with Gasteiger partial charge in [0.05, 0.1) is 6.10 Å². The number of nitrogens with one attached hydrogen (secondary N) is 1. The number of hydrogen-bond donors (Lipinski definition) is 2. The molecule has 0 aromatic carbocycles. The number of aliphatic hydroxyl groups is 1. The van der Waals surface area contributed by atoms with Crippen LogP contribution in [-0.2, 0) is 5.41 Å². The van der Waals surface area contributed by atoms with Crippen LogP contribution in [0.25, 0.3) is 0 Å². The van der Waals surface area contributed by atoms with Crippen molar-refractivity contribution in [2.24, 2.45) is 5.92 Å². The minimum absolute atomic E-state index is 0.126. The fourth-order valence-electron chi connectivity index (χ4n) is 2.15. The van der Waals surface area contributed by atoms with Crippen molar-refractivity contribution in [2.45, 2.75) is 59.0 Å². The third-order valence-corrected chi connectivity index (χ3v) is 3.71. The third kappa shape index (κ3) is 4.83. The normalized spacial score (nSPS) is 13.6. The van der Waals surface area contributed by atoms with Crippen LogP contribution in [0.15, 0.2) is 18.3 Å². The van der Waals surface area contributed by atoms with Gasteiger partial charge in [-0.2, -0.15) is 0 Å². The fourth-order valence-corrected chi connectivity index (χ4v) is 2.15. The quantitative estimate of drug-likeness (QED) is 0.825. The Kier molecular flexibility index (Phi) is 5.80. The summed E-state index contributed by atoms with van der Waals surface area (Å²) in [6, 6.07) is 4.08. The van der Waals surface area contributed by atoms with Gasteiger partial charge in [-0.25, -0.2) is 4.98 Å². The molecule has 2 N–H and O–H groups in total. The van der Waals surface area contributed by atoms with Crippen molar-refractivity contribution in [3.8, 4) is 0 Å². The van der Waals surface area contributed by atoms with Crippen molar-refractivity contribution < 1.29 is 5.11 Å². The van der Waals surface area contributed by atoms with Crippen molar-refractivity contribution in [1.82, 2.24) is 4.98 Å². The van der Waals surface area contributed by atoms with Crippen molar-refractivity contribution >= 4 is 5.82 Å². The highest BCUT2D eigenvalue weighted by Crippen LogP contribution is 2.22. The van der Waals surface area contributed by atoms with Gasteiger partial charge in [-0.15, -0.1) is 0 Å². The van der Waals surface area contributed by atoms with Crippen LogP contribution in [-0.4, -0.2) is 22.7 Å². The molecule has 1 unspecified atom stereocenters. The lowest BCUT2D eigenvalue weighted by atomic mass is 9.88. The molecule has 0 aliphatic rings. The van der Waals surface area contributed by atoms with E-state index in [2.05, 4.69) is 51.0 Å². The summed E-state index contributed by atoms with van der Waals surface area (Å²) in [5.74, 6) is 1.19. The fraction of sp³-hybridized carbons (Fsp3) is 0.688. The SMILES string of the molecule is CCC(CC)C(O)CNc1ccc(C(C)(C)C)cn1. The summed E-state index contributed by atoms with van der Waals surface area (Å²) in [5.41, 5.74) is 1.35. The van der Waals surface area contributed by atoms with Gasteiger partial charge in [0.2, 0.25) is 0 Å². The largest absolute Gasteiger partial charge is 0.391 e. The van der Waals surface area contributed by atoms with Crippen molar-refractivity contribution in [2.75, 3.05) is 11.9 Å². The molecule has 1 aromatic heterocycles. The van der Waals surface area contributed by atoms with Crippen LogP contribution < -0.4 is 5.32 Å². The summed E-state index contributed by atoms with van der Waals surface area (Å²) in [4.78, 5) is 4.41. The zero-order valence-electron chi connectivity index (χ0n) is 12.9. The summed E-state index contributed by atoms with van der Waals surface area (Å²) < 4.78 is 0. The second kappa shape index (κ2) is 6.90. The summed E-state index contributed by atoms with van der Waals surface area (Å²) in [6.07, 6.45) is 3.62. The number of nitrogens with zero attached hydrogens (tertiary/aromatic N) is 1. The number of aliphatic hydroxyl groups excluding tert-OH is 1. The van der Waals surface area contributed by atoms with Gasteiger partial charge < -0.3 is 10.4 Å². The molecule has 0 saturated heterocycles. The molecule has 0 amide bonds. The van der Waals surface area contributed by atoms with Gasteiger partial charge in [-0.3, -0.25) is 0 Å². The Hall–Kier alpha value is -1.09. The topological polar surface area (TPSA) is 45.1 Å². The van der Waals surface area contributed by atoms with E-state index in [1.807, 2.05) is 12.3 Å². The summed E-state index contributed by atoms with van der Waals surface area (Å²) in [6.45, 7) is 11.3. The highest BCUT2D eigenvalue weighted by atomic mass is 16.3. The Balaban J connectivity index is 2.55. The Morgan fingerprint density at radius 1 is 1.21 bits per heavy atom. The summed E-state index contributed by atoms with van der Waals surface area (Å²) in [7, 11) is 0. The molecule has 108 valence electrons. The smallest absolute Gasteiger partial charge is 0.125 e. The van der Waals surface area contributed by atoms with Gasteiger partial charge >= 0.3 is 0 Å². The monoisotopic (exact) mass is 264 g/mol. The first-order chi connectivity index (χ1) is 8.88. The lowest BCUT2D eigenvalue weighted by Crippen LogP contribution is -2.28. The summed E-state index contributed by atoms with van der Waals surface area (Å²) >= 11 is 0. The highest BCUT2D eigenvalue weighted by molar-refractivity contribution is 5.37. The Labute approximate surface area is 117 Å². The molecule has 1 atom stereocenters. The predicted octanol–water partition coefficient (Wildman–Crippen LogP) is 3.59. The van der Waals surface area contributed by atoms with Gasteiger partial charge in [-0.1, -0.05) is 53.5 Å². The molecule has 0 fully saturated rings. The van der Waals surface area contributed by atoms with Crippen LogP contribution >= 0.6 is 0 Å². The van der Waals surface area contributed by atoms with E-state index in [4.69, 9.17) is 0 Å². The Morgan fingerprint density at radius 2 is 1.84 bits per heavy atom. The molecule has 3 nitrogen and oxygen atoms in total. The number of rotatable bonds is 6.